The van der Waals surface area contributed by atoms with Gasteiger partial charge in [0.05, 0.1) is 6.10 Å². The van der Waals surface area contributed by atoms with E-state index < -0.39 is 0 Å². The Bertz CT molecular complexity index is 171. The van der Waals surface area contributed by atoms with E-state index in [0.717, 1.165) is 12.6 Å². The Kier molecular flexibility index (Phi) is 4.14. The van der Waals surface area contributed by atoms with Crippen molar-refractivity contribution in [3.05, 3.63) is 0 Å². The fourth-order valence-electron chi connectivity index (χ4n) is 2.26. The van der Waals surface area contributed by atoms with Crippen LogP contribution >= 0.6 is 11.8 Å². The number of thioether (sulfide) groups is 1. The lowest BCUT2D eigenvalue weighted by Gasteiger charge is -2.28. The maximum absolute atomic E-state index is 5.70. The van der Waals surface area contributed by atoms with Crippen molar-refractivity contribution in [2.24, 2.45) is 0 Å². The Morgan fingerprint density at radius 2 is 2.29 bits per heavy atom. The molecule has 0 aliphatic carbocycles. The highest BCUT2D eigenvalue weighted by Gasteiger charge is 2.23. The van der Waals surface area contributed by atoms with Gasteiger partial charge in [-0.05, 0) is 31.9 Å². The molecular formula is C11H21NOS. The number of ether oxygens (including phenoxy) is 1. The van der Waals surface area contributed by atoms with E-state index in [0.29, 0.717) is 6.10 Å². The molecule has 0 aromatic rings. The molecule has 0 amide bonds. The SMILES string of the molecule is C[C@@H]1CCSCCN1C[C@H]1CCCO1. The van der Waals surface area contributed by atoms with Gasteiger partial charge in [0.25, 0.3) is 0 Å². The summed E-state index contributed by atoms with van der Waals surface area (Å²) >= 11 is 2.10. The van der Waals surface area contributed by atoms with Crippen LogP contribution < -0.4 is 0 Å². The average molecular weight is 215 g/mol. The number of hydrogen-bond acceptors (Lipinski definition) is 3. The molecule has 0 radical (unpaired) electrons. The maximum atomic E-state index is 5.70. The molecule has 2 atom stereocenters. The quantitative estimate of drug-likeness (QED) is 0.699. The summed E-state index contributed by atoms with van der Waals surface area (Å²) in [6, 6.07) is 0.759. The van der Waals surface area contributed by atoms with Crippen molar-refractivity contribution in [3.63, 3.8) is 0 Å². The van der Waals surface area contributed by atoms with Crippen molar-refractivity contribution in [3.8, 4) is 0 Å². The first-order valence-electron chi connectivity index (χ1n) is 5.79. The second-order valence-electron chi connectivity index (χ2n) is 4.38. The highest BCUT2D eigenvalue weighted by Crippen LogP contribution is 2.19. The molecule has 0 bridgehead atoms. The van der Waals surface area contributed by atoms with Gasteiger partial charge in [-0.1, -0.05) is 0 Å². The fraction of sp³-hybridized carbons (Fsp3) is 1.00. The van der Waals surface area contributed by atoms with Gasteiger partial charge in [0.2, 0.25) is 0 Å². The second kappa shape index (κ2) is 5.38. The molecule has 0 aromatic carbocycles. The standard InChI is InChI=1S/C11H21NOS/c1-10-4-7-14-8-5-12(10)9-11-3-2-6-13-11/h10-11H,2-9H2,1H3/t10-,11-/m1/s1. The monoisotopic (exact) mass is 215 g/mol. The first-order valence-corrected chi connectivity index (χ1v) is 6.95. The Morgan fingerprint density at radius 1 is 1.36 bits per heavy atom. The molecule has 0 aromatic heterocycles. The van der Waals surface area contributed by atoms with Crippen molar-refractivity contribution in [2.75, 3.05) is 31.2 Å². The van der Waals surface area contributed by atoms with E-state index in [-0.39, 0.29) is 0 Å². The summed E-state index contributed by atoms with van der Waals surface area (Å²) in [5.74, 6) is 2.64. The largest absolute Gasteiger partial charge is 0.377 e. The Balaban J connectivity index is 1.81. The molecular weight excluding hydrogens is 194 g/mol. The van der Waals surface area contributed by atoms with Crippen LogP contribution in [0.25, 0.3) is 0 Å². The van der Waals surface area contributed by atoms with Gasteiger partial charge in [0.15, 0.2) is 0 Å². The highest BCUT2D eigenvalue weighted by atomic mass is 32.2. The normalized spacial score (nSPS) is 35.8. The third-order valence-electron chi connectivity index (χ3n) is 3.29. The van der Waals surface area contributed by atoms with E-state index >= 15 is 0 Å². The van der Waals surface area contributed by atoms with Crippen LogP contribution in [0, 0.1) is 0 Å². The van der Waals surface area contributed by atoms with E-state index in [1.54, 1.807) is 0 Å². The number of rotatable bonds is 2. The van der Waals surface area contributed by atoms with Crippen molar-refractivity contribution in [1.29, 1.82) is 0 Å². The summed E-state index contributed by atoms with van der Waals surface area (Å²) in [7, 11) is 0. The third kappa shape index (κ3) is 2.88. The zero-order valence-corrected chi connectivity index (χ0v) is 9.89. The lowest BCUT2D eigenvalue weighted by molar-refractivity contribution is 0.0626. The summed E-state index contributed by atoms with van der Waals surface area (Å²) in [6.07, 6.45) is 4.41. The molecule has 2 aliphatic heterocycles. The summed E-state index contributed by atoms with van der Waals surface area (Å²) in [6.45, 7) is 5.77. The highest BCUT2D eigenvalue weighted by molar-refractivity contribution is 7.99. The van der Waals surface area contributed by atoms with Crippen molar-refractivity contribution in [2.45, 2.75) is 38.3 Å². The molecule has 3 heteroatoms. The summed E-state index contributed by atoms with van der Waals surface area (Å²) < 4.78 is 5.70. The van der Waals surface area contributed by atoms with Crippen LogP contribution in [0.4, 0.5) is 0 Å². The van der Waals surface area contributed by atoms with Gasteiger partial charge >= 0.3 is 0 Å². The average Bonchev–Trinajstić information content (AvgIpc) is 2.60. The lowest BCUT2D eigenvalue weighted by Crippen LogP contribution is -2.39. The molecule has 2 saturated heterocycles. The van der Waals surface area contributed by atoms with Crippen molar-refractivity contribution < 1.29 is 4.74 Å². The van der Waals surface area contributed by atoms with Gasteiger partial charge in [-0.15, -0.1) is 0 Å². The summed E-state index contributed by atoms with van der Waals surface area (Å²) in [5, 5.41) is 0. The van der Waals surface area contributed by atoms with E-state index in [9.17, 15) is 0 Å². The van der Waals surface area contributed by atoms with Crippen LogP contribution in [0.2, 0.25) is 0 Å². The van der Waals surface area contributed by atoms with Gasteiger partial charge in [-0.2, -0.15) is 11.8 Å². The lowest BCUT2D eigenvalue weighted by atomic mass is 10.1. The molecule has 0 N–H and O–H groups in total. The van der Waals surface area contributed by atoms with E-state index in [1.807, 2.05) is 0 Å². The second-order valence-corrected chi connectivity index (χ2v) is 5.60. The number of nitrogens with zero attached hydrogens (tertiary/aromatic N) is 1. The minimum Gasteiger partial charge on any atom is -0.377 e. The van der Waals surface area contributed by atoms with Gasteiger partial charge in [-0.3, -0.25) is 4.90 Å². The summed E-state index contributed by atoms with van der Waals surface area (Å²) in [4.78, 5) is 2.62. The zero-order valence-electron chi connectivity index (χ0n) is 9.08. The molecule has 0 spiro atoms. The van der Waals surface area contributed by atoms with E-state index in [1.165, 1.54) is 43.9 Å². The minimum absolute atomic E-state index is 0.528. The molecule has 82 valence electrons. The van der Waals surface area contributed by atoms with Crippen LogP contribution in [0.15, 0.2) is 0 Å². The number of hydrogen-bond donors (Lipinski definition) is 0. The molecule has 0 saturated carbocycles. The molecule has 2 rings (SSSR count). The van der Waals surface area contributed by atoms with Gasteiger partial charge in [0.1, 0.15) is 0 Å². The summed E-state index contributed by atoms with van der Waals surface area (Å²) in [5.41, 5.74) is 0. The van der Waals surface area contributed by atoms with Gasteiger partial charge < -0.3 is 4.74 Å². The molecule has 14 heavy (non-hydrogen) atoms. The van der Waals surface area contributed by atoms with Crippen LogP contribution in [0.3, 0.4) is 0 Å². The first kappa shape index (κ1) is 10.8. The van der Waals surface area contributed by atoms with Gasteiger partial charge in [-0.25, -0.2) is 0 Å². The van der Waals surface area contributed by atoms with Crippen molar-refractivity contribution >= 4 is 11.8 Å². The van der Waals surface area contributed by atoms with Crippen LogP contribution in [-0.2, 0) is 4.74 Å². The van der Waals surface area contributed by atoms with Crippen molar-refractivity contribution in [1.82, 2.24) is 4.90 Å². The van der Waals surface area contributed by atoms with E-state index in [2.05, 4.69) is 23.6 Å². The molecule has 0 unspecified atom stereocenters. The Morgan fingerprint density at radius 3 is 3.07 bits per heavy atom. The fourth-order valence-corrected chi connectivity index (χ4v) is 3.34. The predicted molar refractivity (Wildman–Crippen MR) is 62.0 cm³/mol. The molecule has 2 aliphatic rings. The Labute approximate surface area is 91.4 Å². The molecule has 2 fully saturated rings. The molecule has 2 heterocycles. The van der Waals surface area contributed by atoms with Crippen LogP contribution in [0.1, 0.15) is 26.2 Å². The smallest absolute Gasteiger partial charge is 0.0702 e. The predicted octanol–water partition coefficient (Wildman–Crippen LogP) is 1.99. The molecule has 2 nitrogen and oxygen atoms in total. The zero-order chi connectivity index (χ0) is 9.80. The third-order valence-corrected chi connectivity index (χ3v) is 4.28. The minimum atomic E-state index is 0.528. The van der Waals surface area contributed by atoms with Gasteiger partial charge in [0, 0.05) is 31.5 Å². The van der Waals surface area contributed by atoms with Crippen LogP contribution in [-0.4, -0.2) is 48.2 Å². The topological polar surface area (TPSA) is 12.5 Å². The maximum Gasteiger partial charge on any atom is 0.0702 e. The van der Waals surface area contributed by atoms with E-state index in [4.69, 9.17) is 4.74 Å². The Hall–Kier alpha value is 0.270. The van der Waals surface area contributed by atoms with Crippen LogP contribution in [0.5, 0.6) is 0 Å². The first-order chi connectivity index (χ1) is 6.86.